The van der Waals surface area contributed by atoms with Crippen LogP contribution in [0.15, 0.2) is 24.3 Å². The van der Waals surface area contributed by atoms with Crippen LogP contribution in [-0.4, -0.2) is 39.9 Å². The first-order valence-electron chi connectivity index (χ1n) is 7.30. The van der Waals surface area contributed by atoms with Gasteiger partial charge < -0.3 is 19.5 Å². The molecular weight excluding hydrogens is 270 g/mol. The number of methoxy groups -OCH3 is 2. The SMILES string of the molecule is COC(=O)C(COc1ccc(OC)cc1)C1CCNCC1. The second kappa shape index (κ2) is 7.88. The quantitative estimate of drug-likeness (QED) is 0.811. The Hall–Kier alpha value is -1.75. The zero-order chi connectivity index (χ0) is 15.1. The zero-order valence-electron chi connectivity index (χ0n) is 12.6. The first kappa shape index (κ1) is 15.6. The number of piperidine rings is 1. The second-order valence-electron chi connectivity index (χ2n) is 5.20. The van der Waals surface area contributed by atoms with E-state index in [4.69, 9.17) is 14.2 Å². The molecule has 5 nitrogen and oxygen atoms in total. The summed E-state index contributed by atoms with van der Waals surface area (Å²) in [7, 11) is 3.06. The number of ether oxygens (including phenoxy) is 3. The largest absolute Gasteiger partial charge is 0.497 e. The molecule has 5 heteroatoms. The molecule has 0 spiro atoms. The van der Waals surface area contributed by atoms with E-state index >= 15 is 0 Å². The Labute approximate surface area is 125 Å². The van der Waals surface area contributed by atoms with E-state index < -0.39 is 0 Å². The number of rotatable bonds is 6. The number of hydrogen-bond donors (Lipinski definition) is 1. The van der Waals surface area contributed by atoms with E-state index in [1.54, 1.807) is 7.11 Å². The highest BCUT2D eigenvalue weighted by Gasteiger charge is 2.31. The summed E-state index contributed by atoms with van der Waals surface area (Å²) in [5, 5.41) is 3.31. The van der Waals surface area contributed by atoms with Crippen LogP contribution in [-0.2, 0) is 9.53 Å². The molecule has 0 amide bonds. The summed E-state index contributed by atoms with van der Waals surface area (Å²) >= 11 is 0. The fourth-order valence-electron chi connectivity index (χ4n) is 2.65. The molecule has 0 bridgehead atoms. The molecule has 1 aliphatic rings. The van der Waals surface area contributed by atoms with Crippen molar-refractivity contribution in [2.24, 2.45) is 11.8 Å². The minimum absolute atomic E-state index is 0.185. The third-order valence-electron chi connectivity index (χ3n) is 3.95. The summed E-state index contributed by atoms with van der Waals surface area (Å²) in [6.07, 6.45) is 1.96. The van der Waals surface area contributed by atoms with Crippen molar-refractivity contribution < 1.29 is 19.0 Å². The minimum Gasteiger partial charge on any atom is -0.497 e. The molecule has 1 unspecified atom stereocenters. The van der Waals surface area contributed by atoms with Crippen LogP contribution in [0.4, 0.5) is 0 Å². The summed E-state index contributed by atoms with van der Waals surface area (Å²) in [6, 6.07) is 7.37. The highest BCUT2D eigenvalue weighted by Crippen LogP contribution is 2.25. The molecule has 1 aromatic carbocycles. The molecule has 0 aliphatic carbocycles. The number of carbonyl (C=O) groups is 1. The zero-order valence-corrected chi connectivity index (χ0v) is 12.6. The van der Waals surface area contributed by atoms with Crippen molar-refractivity contribution in [1.29, 1.82) is 0 Å². The van der Waals surface area contributed by atoms with E-state index in [1.807, 2.05) is 24.3 Å². The van der Waals surface area contributed by atoms with Crippen molar-refractivity contribution in [2.75, 3.05) is 33.9 Å². The Balaban J connectivity index is 1.95. The first-order chi connectivity index (χ1) is 10.2. The monoisotopic (exact) mass is 293 g/mol. The highest BCUT2D eigenvalue weighted by molar-refractivity contribution is 5.72. The Morgan fingerprint density at radius 1 is 1.19 bits per heavy atom. The molecule has 0 saturated carbocycles. The second-order valence-corrected chi connectivity index (χ2v) is 5.20. The normalized spacial score (nSPS) is 17.0. The van der Waals surface area contributed by atoms with Crippen molar-refractivity contribution in [1.82, 2.24) is 5.32 Å². The summed E-state index contributed by atoms with van der Waals surface area (Å²) in [5.41, 5.74) is 0. The molecule has 116 valence electrons. The van der Waals surface area contributed by atoms with Gasteiger partial charge in [0.15, 0.2) is 0 Å². The average molecular weight is 293 g/mol. The third-order valence-corrected chi connectivity index (χ3v) is 3.95. The van der Waals surface area contributed by atoms with Gasteiger partial charge in [-0.25, -0.2) is 0 Å². The maximum Gasteiger partial charge on any atom is 0.312 e. The van der Waals surface area contributed by atoms with Crippen molar-refractivity contribution in [2.45, 2.75) is 12.8 Å². The lowest BCUT2D eigenvalue weighted by Crippen LogP contribution is -2.37. The number of carbonyl (C=O) groups excluding carboxylic acids is 1. The molecule has 1 heterocycles. The maximum atomic E-state index is 12.0. The van der Waals surface area contributed by atoms with Gasteiger partial charge in [0.05, 0.1) is 20.1 Å². The van der Waals surface area contributed by atoms with Crippen molar-refractivity contribution in [3.05, 3.63) is 24.3 Å². The summed E-state index contributed by atoms with van der Waals surface area (Å²) in [6.45, 7) is 2.24. The van der Waals surface area contributed by atoms with Crippen LogP contribution >= 0.6 is 0 Å². The molecule has 21 heavy (non-hydrogen) atoms. The van der Waals surface area contributed by atoms with Crippen LogP contribution in [0, 0.1) is 11.8 Å². The molecular formula is C16H23NO4. The Kier molecular flexibility index (Phi) is 5.87. The smallest absolute Gasteiger partial charge is 0.312 e. The molecule has 0 aromatic heterocycles. The molecule has 1 aliphatic heterocycles. The molecule has 0 radical (unpaired) electrons. The van der Waals surface area contributed by atoms with Gasteiger partial charge in [0, 0.05) is 0 Å². The van der Waals surface area contributed by atoms with Crippen molar-refractivity contribution in [3.8, 4) is 11.5 Å². The van der Waals surface area contributed by atoms with E-state index in [0.717, 1.165) is 37.4 Å². The lowest BCUT2D eigenvalue weighted by Gasteiger charge is -2.28. The summed E-state index contributed by atoms with van der Waals surface area (Å²) in [4.78, 5) is 12.0. The van der Waals surface area contributed by atoms with Crippen LogP contribution in [0.25, 0.3) is 0 Å². The first-order valence-corrected chi connectivity index (χ1v) is 7.30. The maximum absolute atomic E-state index is 12.0. The van der Waals surface area contributed by atoms with Gasteiger partial charge in [0.25, 0.3) is 0 Å². The molecule has 1 N–H and O–H groups in total. The molecule has 1 saturated heterocycles. The molecule has 1 atom stereocenters. The third kappa shape index (κ3) is 4.36. The van der Waals surface area contributed by atoms with Gasteiger partial charge in [-0.2, -0.15) is 0 Å². The predicted octanol–water partition coefficient (Wildman–Crippen LogP) is 1.86. The van der Waals surface area contributed by atoms with Crippen LogP contribution < -0.4 is 14.8 Å². The molecule has 1 fully saturated rings. The van der Waals surface area contributed by atoms with Gasteiger partial charge in [-0.1, -0.05) is 0 Å². The van der Waals surface area contributed by atoms with Crippen LogP contribution in [0.2, 0.25) is 0 Å². The van der Waals surface area contributed by atoms with Gasteiger partial charge in [-0.3, -0.25) is 4.79 Å². The molecule has 2 rings (SSSR count). The van der Waals surface area contributed by atoms with Gasteiger partial charge in [0.1, 0.15) is 18.1 Å². The van der Waals surface area contributed by atoms with Crippen LogP contribution in [0.1, 0.15) is 12.8 Å². The number of nitrogens with one attached hydrogen (secondary N) is 1. The van der Waals surface area contributed by atoms with E-state index in [9.17, 15) is 4.79 Å². The van der Waals surface area contributed by atoms with Gasteiger partial charge >= 0.3 is 5.97 Å². The van der Waals surface area contributed by atoms with Gasteiger partial charge in [-0.15, -0.1) is 0 Å². The number of hydrogen-bond acceptors (Lipinski definition) is 5. The Bertz CT molecular complexity index is 440. The van der Waals surface area contributed by atoms with E-state index in [1.165, 1.54) is 7.11 Å². The van der Waals surface area contributed by atoms with E-state index in [0.29, 0.717) is 12.5 Å². The van der Waals surface area contributed by atoms with E-state index in [-0.39, 0.29) is 11.9 Å². The van der Waals surface area contributed by atoms with E-state index in [2.05, 4.69) is 5.32 Å². The topological polar surface area (TPSA) is 56.8 Å². The number of esters is 1. The Morgan fingerprint density at radius 3 is 2.38 bits per heavy atom. The van der Waals surface area contributed by atoms with Gasteiger partial charge in [0.2, 0.25) is 0 Å². The average Bonchev–Trinajstić information content (AvgIpc) is 2.56. The standard InChI is InChI=1S/C16H23NO4/c1-19-13-3-5-14(6-4-13)21-11-15(16(18)20-2)12-7-9-17-10-8-12/h3-6,12,15,17H,7-11H2,1-2H3. The Morgan fingerprint density at radius 2 is 1.81 bits per heavy atom. The van der Waals surface area contributed by atoms with Gasteiger partial charge in [-0.05, 0) is 56.1 Å². The summed E-state index contributed by atoms with van der Waals surface area (Å²) < 4.78 is 15.8. The van der Waals surface area contributed by atoms with Crippen molar-refractivity contribution >= 4 is 5.97 Å². The fourth-order valence-corrected chi connectivity index (χ4v) is 2.65. The minimum atomic E-state index is -0.209. The summed E-state index contributed by atoms with van der Waals surface area (Å²) in [5.74, 6) is 1.44. The lowest BCUT2D eigenvalue weighted by molar-refractivity contribution is -0.149. The fraction of sp³-hybridized carbons (Fsp3) is 0.562. The number of benzene rings is 1. The predicted molar refractivity (Wildman–Crippen MR) is 79.6 cm³/mol. The van der Waals surface area contributed by atoms with Crippen LogP contribution in [0.5, 0.6) is 11.5 Å². The molecule has 1 aromatic rings. The lowest BCUT2D eigenvalue weighted by atomic mass is 9.85. The highest BCUT2D eigenvalue weighted by atomic mass is 16.5. The van der Waals surface area contributed by atoms with Crippen LogP contribution in [0.3, 0.4) is 0 Å². The van der Waals surface area contributed by atoms with Crippen molar-refractivity contribution in [3.63, 3.8) is 0 Å².